The number of ether oxygens (including phenoxy) is 1. The Bertz CT molecular complexity index is 729. The first kappa shape index (κ1) is 16.7. The van der Waals surface area contributed by atoms with Crippen molar-refractivity contribution in [2.24, 2.45) is 0 Å². The van der Waals surface area contributed by atoms with Crippen molar-refractivity contribution in [1.82, 2.24) is 9.88 Å². The number of aliphatic hydroxyl groups excluding tert-OH is 1. The molecular weight excluding hydrogens is 339 g/mol. The number of likely N-dealkylation sites (tertiary alicyclic amines) is 1. The fourth-order valence-corrected chi connectivity index (χ4v) is 2.66. The number of benzene rings is 1. The fraction of sp³-hybridized carbons (Fsp3) is 0.375. The highest BCUT2D eigenvalue weighted by Gasteiger charge is 2.24. The van der Waals surface area contributed by atoms with Gasteiger partial charge in [-0.15, -0.1) is 0 Å². The third-order valence-corrected chi connectivity index (χ3v) is 4.06. The number of aromatic nitrogens is 1. The molecule has 0 saturated carbocycles. The van der Waals surface area contributed by atoms with Crippen LogP contribution < -0.4 is 4.74 Å². The Morgan fingerprint density at radius 1 is 1.46 bits per heavy atom. The predicted molar refractivity (Wildman–Crippen MR) is 83.4 cm³/mol. The van der Waals surface area contributed by atoms with Crippen LogP contribution in [0.2, 0.25) is 5.02 Å². The van der Waals surface area contributed by atoms with Gasteiger partial charge in [0.05, 0.1) is 11.1 Å². The van der Waals surface area contributed by atoms with E-state index < -0.39 is 5.82 Å². The van der Waals surface area contributed by atoms with E-state index >= 15 is 0 Å². The largest absolute Gasteiger partial charge is 0.482 e. The molecule has 8 heteroatoms. The van der Waals surface area contributed by atoms with Crippen LogP contribution in [0.5, 0.6) is 5.75 Å². The maximum Gasteiger partial charge on any atom is 0.275 e. The van der Waals surface area contributed by atoms with Crippen molar-refractivity contribution in [1.29, 1.82) is 0 Å². The van der Waals surface area contributed by atoms with Crippen molar-refractivity contribution in [3.05, 3.63) is 46.9 Å². The van der Waals surface area contributed by atoms with Gasteiger partial charge < -0.3 is 19.2 Å². The van der Waals surface area contributed by atoms with Gasteiger partial charge in [0.2, 0.25) is 5.89 Å². The van der Waals surface area contributed by atoms with Crippen molar-refractivity contribution in [2.75, 3.05) is 13.1 Å². The van der Waals surface area contributed by atoms with E-state index in [1.165, 1.54) is 18.4 Å². The summed E-state index contributed by atoms with van der Waals surface area (Å²) in [5.74, 6) is -0.176. The fourth-order valence-electron chi connectivity index (χ4n) is 2.44. The van der Waals surface area contributed by atoms with E-state index in [0.29, 0.717) is 31.7 Å². The molecule has 2 heterocycles. The number of hydrogen-bond acceptors (Lipinski definition) is 5. The third-order valence-electron chi connectivity index (χ3n) is 3.77. The lowest BCUT2D eigenvalue weighted by Gasteiger charge is -2.28. The third kappa shape index (κ3) is 3.85. The molecule has 0 spiro atoms. The highest BCUT2D eigenvalue weighted by molar-refractivity contribution is 6.32. The molecule has 1 saturated heterocycles. The molecule has 0 radical (unpaired) electrons. The van der Waals surface area contributed by atoms with E-state index in [9.17, 15) is 14.3 Å². The number of aliphatic hydroxyl groups is 1. The van der Waals surface area contributed by atoms with Crippen LogP contribution in [0.15, 0.2) is 28.9 Å². The van der Waals surface area contributed by atoms with Gasteiger partial charge in [-0.2, -0.15) is 0 Å². The van der Waals surface area contributed by atoms with Gasteiger partial charge in [-0.05, 0) is 31.0 Å². The lowest BCUT2D eigenvalue weighted by Crippen LogP contribution is -2.40. The number of amides is 1. The van der Waals surface area contributed by atoms with Crippen LogP contribution in [-0.4, -0.2) is 40.1 Å². The number of oxazole rings is 1. The summed E-state index contributed by atoms with van der Waals surface area (Å²) in [5.41, 5.74) is 0.190. The molecule has 1 amide bonds. The Kier molecular flexibility index (Phi) is 5.01. The minimum atomic E-state index is -0.456. The first-order valence-corrected chi connectivity index (χ1v) is 7.90. The van der Waals surface area contributed by atoms with Crippen LogP contribution in [0.25, 0.3) is 0 Å². The van der Waals surface area contributed by atoms with E-state index in [0.717, 1.165) is 6.07 Å². The van der Waals surface area contributed by atoms with Crippen LogP contribution >= 0.6 is 11.6 Å². The Labute approximate surface area is 142 Å². The van der Waals surface area contributed by atoms with Gasteiger partial charge >= 0.3 is 0 Å². The average molecular weight is 355 g/mol. The molecular formula is C16H16ClFN2O4. The van der Waals surface area contributed by atoms with Gasteiger partial charge in [0.25, 0.3) is 5.91 Å². The molecule has 0 aliphatic carbocycles. The molecule has 0 atom stereocenters. The topological polar surface area (TPSA) is 75.8 Å². The Morgan fingerprint density at radius 3 is 2.92 bits per heavy atom. The second-order valence-electron chi connectivity index (χ2n) is 5.51. The number of nitrogens with zero attached hydrogens (tertiary/aromatic N) is 2. The lowest BCUT2D eigenvalue weighted by molar-refractivity contribution is 0.0541. The summed E-state index contributed by atoms with van der Waals surface area (Å²) in [6.07, 6.45) is 2.04. The van der Waals surface area contributed by atoms with Crippen LogP contribution in [0.1, 0.15) is 29.2 Å². The number of piperidine rings is 1. The summed E-state index contributed by atoms with van der Waals surface area (Å²) >= 11 is 5.87. The zero-order valence-electron chi connectivity index (χ0n) is 12.7. The molecule has 1 aliphatic heterocycles. The standard InChI is InChI=1S/C16H16ClFN2O4/c17-12-7-10(18)1-2-14(12)23-9-15-19-13(8-24-15)16(22)20-5-3-11(21)4-6-20/h1-2,7-8,11,21H,3-6,9H2. The number of halogens is 2. The highest BCUT2D eigenvalue weighted by atomic mass is 35.5. The van der Waals surface area contributed by atoms with Crippen molar-refractivity contribution >= 4 is 17.5 Å². The highest BCUT2D eigenvalue weighted by Crippen LogP contribution is 2.25. The second-order valence-corrected chi connectivity index (χ2v) is 5.92. The molecule has 0 unspecified atom stereocenters. The van der Waals surface area contributed by atoms with E-state index in [-0.39, 0.29) is 35.2 Å². The average Bonchev–Trinajstić information content (AvgIpc) is 3.03. The molecule has 24 heavy (non-hydrogen) atoms. The number of rotatable bonds is 4. The lowest BCUT2D eigenvalue weighted by atomic mass is 10.1. The molecule has 1 aromatic carbocycles. The van der Waals surface area contributed by atoms with Crippen molar-refractivity contribution in [3.8, 4) is 5.75 Å². The molecule has 128 valence electrons. The first-order valence-electron chi connectivity index (χ1n) is 7.52. The Morgan fingerprint density at radius 2 is 2.21 bits per heavy atom. The minimum absolute atomic E-state index is 0.0304. The van der Waals surface area contributed by atoms with E-state index in [4.69, 9.17) is 20.8 Å². The second kappa shape index (κ2) is 7.19. The van der Waals surface area contributed by atoms with Crippen LogP contribution in [-0.2, 0) is 6.61 Å². The zero-order valence-corrected chi connectivity index (χ0v) is 13.5. The summed E-state index contributed by atoms with van der Waals surface area (Å²) < 4.78 is 23.6. The van der Waals surface area contributed by atoms with Gasteiger partial charge in [-0.3, -0.25) is 4.79 Å². The van der Waals surface area contributed by atoms with Gasteiger partial charge in [0.1, 0.15) is 17.8 Å². The quantitative estimate of drug-likeness (QED) is 0.913. The monoisotopic (exact) mass is 354 g/mol. The van der Waals surface area contributed by atoms with Gasteiger partial charge in [0.15, 0.2) is 12.3 Å². The van der Waals surface area contributed by atoms with Gasteiger partial charge in [-0.25, -0.2) is 9.37 Å². The summed E-state index contributed by atoms with van der Waals surface area (Å²) in [6.45, 7) is 0.950. The zero-order chi connectivity index (χ0) is 17.1. The molecule has 0 bridgehead atoms. The van der Waals surface area contributed by atoms with Crippen LogP contribution in [0.4, 0.5) is 4.39 Å². The molecule has 1 N–H and O–H groups in total. The molecule has 1 aromatic heterocycles. The van der Waals surface area contributed by atoms with E-state index in [1.54, 1.807) is 4.90 Å². The smallest absolute Gasteiger partial charge is 0.275 e. The maximum absolute atomic E-state index is 13.0. The normalized spacial score (nSPS) is 15.5. The summed E-state index contributed by atoms with van der Waals surface area (Å²) in [4.78, 5) is 18.0. The molecule has 1 aliphatic rings. The van der Waals surface area contributed by atoms with Gasteiger partial charge in [-0.1, -0.05) is 11.6 Å². The number of carbonyl (C=O) groups is 1. The SMILES string of the molecule is O=C(c1coc(COc2ccc(F)cc2Cl)n1)N1CCC(O)CC1. The van der Waals surface area contributed by atoms with Crippen molar-refractivity contribution < 1.29 is 23.4 Å². The summed E-state index contributed by atoms with van der Waals surface area (Å²) in [5, 5.41) is 9.62. The molecule has 6 nitrogen and oxygen atoms in total. The number of carbonyl (C=O) groups excluding carboxylic acids is 1. The molecule has 2 aromatic rings. The molecule has 1 fully saturated rings. The van der Waals surface area contributed by atoms with Crippen LogP contribution in [0.3, 0.4) is 0 Å². The minimum Gasteiger partial charge on any atom is -0.482 e. The van der Waals surface area contributed by atoms with Crippen molar-refractivity contribution in [3.63, 3.8) is 0 Å². The van der Waals surface area contributed by atoms with Crippen LogP contribution in [0, 0.1) is 5.82 Å². The van der Waals surface area contributed by atoms with E-state index in [2.05, 4.69) is 4.98 Å². The maximum atomic E-state index is 13.0. The summed E-state index contributed by atoms with van der Waals surface area (Å²) in [6, 6.07) is 3.79. The number of hydrogen-bond donors (Lipinski definition) is 1. The van der Waals surface area contributed by atoms with Gasteiger partial charge in [0, 0.05) is 13.1 Å². The first-order chi connectivity index (χ1) is 11.5. The Balaban J connectivity index is 1.60. The predicted octanol–water partition coefficient (Wildman–Crippen LogP) is 2.64. The van der Waals surface area contributed by atoms with E-state index in [1.807, 2.05) is 0 Å². The van der Waals surface area contributed by atoms with Crippen molar-refractivity contribution in [2.45, 2.75) is 25.6 Å². The Hall–Kier alpha value is -2.12. The summed E-state index contributed by atoms with van der Waals surface area (Å²) in [7, 11) is 0. The molecule has 3 rings (SSSR count).